The van der Waals surface area contributed by atoms with Gasteiger partial charge < -0.3 is 14.6 Å². The first-order chi connectivity index (χ1) is 9.69. The van der Waals surface area contributed by atoms with Gasteiger partial charge in [-0.05, 0) is 45.3 Å². The van der Waals surface area contributed by atoms with Crippen molar-refractivity contribution in [1.29, 1.82) is 0 Å². The van der Waals surface area contributed by atoms with E-state index < -0.39 is 12.0 Å². The summed E-state index contributed by atoms with van der Waals surface area (Å²) in [4.78, 5) is 18.5. The van der Waals surface area contributed by atoms with Crippen molar-refractivity contribution in [3.8, 4) is 0 Å². The SMILES string of the molecule is CCN1CCC(c2cn3c(n2)CCCC3C(=O)O)CC1. The molecule has 1 fully saturated rings. The van der Waals surface area contributed by atoms with Crippen molar-refractivity contribution in [2.45, 2.75) is 51.0 Å². The van der Waals surface area contributed by atoms with Gasteiger partial charge in [-0.25, -0.2) is 9.78 Å². The zero-order chi connectivity index (χ0) is 14.1. The van der Waals surface area contributed by atoms with E-state index >= 15 is 0 Å². The predicted molar refractivity (Wildman–Crippen MR) is 75.9 cm³/mol. The van der Waals surface area contributed by atoms with Crippen molar-refractivity contribution in [3.63, 3.8) is 0 Å². The van der Waals surface area contributed by atoms with Gasteiger partial charge in [0.2, 0.25) is 0 Å². The topological polar surface area (TPSA) is 58.4 Å². The van der Waals surface area contributed by atoms with Gasteiger partial charge in [0.25, 0.3) is 0 Å². The molecule has 0 saturated carbocycles. The summed E-state index contributed by atoms with van der Waals surface area (Å²) < 4.78 is 1.91. The molecule has 110 valence electrons. The number of piperidine rings is 1. The van der Waals surface area contributed by atoms with E-state index in [2.05, 4.69) is 11.8 Å². The molecule has 3 heterocycles. The molecule has 1 atom stereocenters. The van der Waals surface area contributed by atoms with Crippen molar-refractivity contribution < 1.29 is 9.90 Å². The van der Waals surface area contributed by atoms with Crippen molar-refractivity contribution in [3.05, 3.63) is 17.7 Å². The van der Waals surface area contributed by atoms with E-state index in [1.807, 2.05) is 10.8 Å². The Bertz CT molecular complexity index is 489. The molecule has 1 saturated heterocycles. The van der Waals surface area contributed by atoms with E-state index in [0.29, 0.717) is 5.92 Å². The minimum atomic E-state index is -0.726. The molecule has 3 rings (SSSR count). The molecule has 1 aromatic heterocycles. The Labute approximate surface area is 119 Å². The Morgan fingerprint density at radius 1 is 1.40 bits per heavy atom. The highest BCUT2D eigenvalue weighted by atomic mass is 16.4. The average molecular weight is 277 g/mol. The number of carboxylic acid groups (broad SMARTS) is 1. The van der Waals surface area contributed by atoms with Crippen molar-refractivity contribution in [2.75, 3.05) is 19.6 Å². The van der Waals surface area contributed by atoms with Crippen LogP contribution in [0, 0.1) is 0 Å². The van der Waals surface area contributed by atoms with Gasteiger partial charge in [0.15, 0.2) is 0 Å². The maximum Gasteiger partial charge on any atom is 0.326 e. The largest absolute Gasteiger partial charge is 0.480 e. The summed E-state index contributed by atoms with van der Waals surface area (Å²) in [5.41, 5.74) is 1.11. The number of aromatic nitrogens is 2. The van der Waals surface area contributed by atoms with Crippen molar-refractivity contribution in [1.82, 2.24) is 14.5 Å². The number of carboxylic acids is 1. The second-order valence-corrected chi connectivity index (χ2v) is 5.94. The standard InChI is InChI=1S/C15H23N3O2/c1-2-17-8-6-11(7-9-17)12-10-18-13(15(19)20)4-3-5-14(18)16-12/h10-11,13H,2-9H2,1H3,(H,19,20). The molecule has 1 unspecified atom stereocenters. The Balaban J connectivity index is 1.78. The monoisotopic (exact) mass is 277 g/mol. The summed E-state index contributed by atoms with van der Waals surface area (Å²) in [7, 11) is 0. The number of fused-ring (bicyclic) bond motifs is 1. The van der Waals surface area contributed by atoms with Gasteiger partial charge >= 0.3 is 5.97 Å². The minimum Gasteiger partial charge on any atom is -0.480 e. The van der Waals surface area contributed by atoms with Gasteiger partial charge in [0.05, 0.1) is 5.69 Å². The highest BCUT2D eigenvalue weighted by Gasteiger charge is 2.29. The fraction of sp³-hybridized carbons (Fsp3) is 0.733. The van der Waals surface area contributed by atoms with Gasteiger partial charge in [-0.1, -0.05) is 6.92 Å². The maximum atomic E-state index is 11.3. The molecule has 0 spiro atoms. The first kappa shape index (κ1) is 13.6. The van der Waals surface area contributed by atoms with E-state index in [4.69, 9.17) is 4.98 Å². The highest BCUT2D eigenvalue weighted by molar-refractivity contribution is 5.72. The van der Waals surface area contributed by atoms with E-state index in [-0.39, 0.29) is 0 Å². The van der Waals surface area contributed by atoms with Crippen LogP contribution in [0.4, 0.5) is 0 Å². The summed E-state index contributed by atoms with van der Waals surface area (Å²) in [6.07, 6.45) is 6.87. The van der Waals surface area contributed by atoms with Gasteiger partial charge in [-0.3, -0.25) is 0 Å². The minimum absolute atomic E-state index is 0.407. The normalized spacial score (nSPS) is 24.6. The van der Waals surface area contributed by atoms with Crippen LogP contribution < -0.4 is 0 Å². The molecule has 0 amide bonds. The van der Waals surface area contributed by atoms with Crippen LogP contribution >= 0.6 is 0 Å². The lowest BCUT2D eigenvalue weighted by Gasteiger charge is -2.30. The predicted octanol–water partition coefficient (Wildman–Crippen LogP) is 2.04. The van der Waals surface area contributed by atoms with Crippen molar-refractivity contribution in [2.24, 2.45) is 0 Å². The summed E-state index contributed by atoms with van der Waals surface area (Å²) in [6, 6.07) is -0.407. The number of imidazole rings is 1. The van der Waals surface area contributed by atoms with Crippen LogP contribution in [0.25, 0.3) is 0 Å². The van der Waals surface area contributed by atoms with Gasteiger partial charge in [0.1, 0.15) is 11.9 Å². The summed E-state index contributed by atoms with van der Waals surface area (Å²) in [5.74, 6) is 0.748. The number of hydrogen-bond donors (Lipinski definition) is 1. The van der Waals surface area contributed by atoms with Gasteiger partial charge in [0, 0.05) is 18.5 Å². The molecular weight excluding hydrogens is 254 g/mol. The number of rotatable bonds is 3. The number of likely N-dealkylation sites (tertiary alicyclic amines) is 1. The fourth-order valence-electron chi connectivity index (χ4n) is 3.48. The molecule has 0 aliphatic carbocycles. The van der Waals surface area contributed by atoms with Gasteiger partial charge in [-0.15, -0.1) is 0 Å². The van der Waals surface area contributed by atoms with Crippen LogP contribution in [0.1, 0.15) is 56.1 Å². The Morgan fingerprint density at radius 3 is 2.80 bits per heavy atom. The number of carbonyl (C=O) groups is 1. The van der Waals surface area contributed by atoms with Gasteiger partial charge in [-0.2, -0.15) is 0 Å². The Kier molecular flexibility index (Phi) is 3.78. The Hall–Kier alpha value is -1.36. The molecule has 1 N–H and O–H groups in total. The zero-order valence-corrected chi connectivity index (χ0v) is 12.1. The summed E-state index contributed by atoms with van der Waals surface area (Å²) in [6.45, 7) is 5.58. The molecule has 5 heteroatoms. The lowest BCUT2D eigenvalue weighted by atomic mass is 9.94. The van der Waals surface area contributed by atoms with E-state index in [0.717, 1.165) is 63.3 Å². The third-order valence-corrected chi connectivity index (χ3v) is 4.78. The third kappa shape index (κ3) is 2.46. The summed E-state index contributed by atoms with van der Waals surface area (Å²) >= 11 is 0. The second-order valence-electron chi connectivity index (χ2n) is 5.94. The van der Waals surface area contributed by atoms with Crippen LogP contribution in [-0.4, -0.2) is 45.2 Å². The molecule has 2 aliphatic heterocycles. The Morgan fingerprint density at radius 2 is 2.15 bits per heavy atom. The zero-order valence-electron chi connectivity index (χ0n) is 12.1. The molecule has 0 bridgehead atoms. The van der Waals surface area contributed by atoms with Crippen LogP contribution in [0.15, 0.2) is 6.20 Å². The average Bonchev–Trinajstić information content (AvgIpc) is 2.90. The molecular formula is C15H23N3O2. The summed E-state index contributed by atoms with van der Waals surface area (Å²) in [5, 5.41) is 9.32. The molecule has 2 aliphatic rings. The third-order valence-electron chi connectivity index (χ3n) is 4.78. The van der Waals surface area contributed by atoms with Crippen LogP contribution in [0.5, 0.6) is 0 Å². The molecule has 1 aromatic rings. The maximum absolute atomic E-state index is 11.3. The number of hydrogen-bond acceptors (Lipinski definition) is 3. The molecule has 0 aromatic carbocycles. The highest BCUT2D eigenvalue weighted by Crippen LogP contribution is 2.31. The smallest absolute Gasteiger partial charge is 0.326 e. The number of nitrogens with zero attached hydrogens (tertiary/aromatic N) is 3. The van der Waals surface area contributed by atoms with E-state index in [1.54, 1.807) is 0 Å². The van der Waals surface area contributed by atoms with Crippen LogP contribution in [-0.2, 0) is 11.2 Å². The molecule has 20 heavy (non-hydrogen) atoms. The van der Waals surface area contributed by atoms with Crippen LogP contribution in [0.2, 0.25) is 0 Å². The van der Waals surface area contributed by atoms with Crippen LogP contribution in [0.3, 0.4) is 0 Å². The molecule has 0 radical (unpaired) electrons. The first-order valence-electron chi connectivity index (χ1n) is 7.72. The second kappa shape index (κ2) is 5.56. The van der Waals surface area contributed by atoms with Crippen molar-refractivity contribution >= 4 is 5.97 Å². The quantitative estimate of drug-likeness (QED) is 0.918. The lowest BCUT2D eigenvalue weighted by Crippen LogP contribution is -2.32. The van der Waals surface area contributed by atoms with E-state index in [1.165, 1.54) is 0 Å². The molecule has 5 nitrogen and oxygen atoms in total. The number of aliphatic carboxylic acids is 1. The first-order valence-corrected chi connectivity index (χ1v) is 7.72. The fourth-order valence-corrected chi connectivity index (χ4v) is 3.48. The van der Waals surface area contributed by atoms with E-state index in [9.17, 15) is 9.90 Å². The lowest BCUT2D eigenvalue weighted by molar-refractivity contribution is -0.141. The number of aryl methyl sites for hydroxylation is 1.